The van der Waals surface area contributed by atoms with Gasteiger partial charge < -0.3 is 9.64 Å². The number of benzene rings is 1. The summed E-state index contributed by atoms with van der Waals surface area (Å²) in [5.74, 6) is 2.13. The van der Waals surface area contributed by atoms with Crippen molar-refractivity contribution in [1.29, 1.82) is 0 Å². The molecule has 1 saturated heterocycles. The van der Waals surface area contributed by atoms with E-state index in [1.54, 1.807) is 7.11 Å². The Bertz CT molecular complexity index is 558. The van der Waals surface area contributed by atoms with Crippen LogP contribution in [0.3, 0.4) is 0 Å². The summed E-state index contributed by atoms with van der Waals surface area (Å²) in [5, 5.41) is 0. The maximum Gasteiger partial charge on any atom is 0.227 e. The number of nitrogens with zero attached hydrogens (tertiary/aromatic N) is 1. The molecule has 5 nitrogen and oxygen atoms in total. The fourth-order valence-electron chi connectivity index (χ4n) is 3.36. The zero-order valence-electron chi connectivity index (χ0n) is 14.4. The molecule has 0 radical (unpaired) electrons. The Balaban J connectivity index is 1.57. The minimum Gasteiger partial charge on any atom is -0.497 e. The van der Waals surface area contributed by atoms with Gasteiger partial charge in [-0.25, -0.2) is 5.43 Å². The number of carbonyl (C=O) groups is 1. The predicted octanol–water partition coefficient (Wildman–Crippen LogP) is 2.11. The summed E-state index contributed by atoms with van der Waals surface area (Å²) < 4.78 is 5.19. The second-order valence-corrected chi connectivity index (χ2v) is 7.06. The van der Waals surface area contributed by atoms with Crippen molar-refractivity contribution in [3.05, 3.63) is 29.8 Å². The second-order valence-electron chi connectivity index (χ2n) is 7.06. The first kappa shape index (κ1) is 16.3. The van der Waals surface area contributed by atoms with Gasteiger partial charge in [0.25, 0.3) is 0 Å². The van der Waals surface area contributed by atoms with E-state index in [1.807, 2.05) is 24.1 Å². The van der Waals surface area contributed by atoms with Crippen LogP contribution in [0.25, 0.3) is 0 Å². The van der Waals surface area contributed by atoms with Crippen LogP contribution in [0.1, 0.15) is 38.2 Å². The summed E-state index contributed by atoms with van der Waals surface area (Å²) >= 11 is 0. The summed E-state index contributed by atoms with van der Waals surface area (Å²) in [7, 11) is 3.58. The number of hydrogen-bond acceptors (Lipinski definition) is 4. The van der Waals surface area contributed by atoms with E-state index < -0.39 is 0 Å². The molecule has 2 fully saturated rings. The van der Waals surface area contributed by atoms with Gasteiger partial charge in [0.15, 0.2) is 0 Å². The summed E-state index contributed by atoms with van der Waals surface area (Å²) in [5.41, 5.74) is 7.79. The molecule has 0 aromatic heterocycles. The van der Waals surface area contributed by atoms with Gasteiger partial charge >= 0.3 is 0 Å². The molecule has 2 N–H and O–H groups in total. The number of carbonyl (C=O) groups excluding carboxylic acids is 1. The first-order valence-electron chi connectivity index (χ1n) is 8.43. The van der Waals surface area contributed by atoms with Crippen LogP contribution in [-0.4, -0.2) is 37.2 Å². The molecular formula is C18H27N3O2. The van der Waals surface area contributed by atoms with Crippen molar-refractivity contribution in [2.75, 3.05) is 14.2 Å². The third-order valence-electron chi connectivity index (χ3n) is 5.18. The highest BCUT2D eigenvalue weighted by Gasteiger charge is 2.46. The Hall–Kier alpha value is -1.59. The number of hydrazine groups is 1. The average molecular weight is 317 g/mol. The fourth-order valence-corrected chi connectivity index (χ4v) is 3.36. The Morgan fingerprint density at radius 1 is 1.22 bits per heavy atom. The average Bonchev–Trinajstić information content (AvgIpc) is 3.20. The quantitative estimate of drug-likeness (QED) is 0.873. The number of rotatable bonds is 5. The van der Waals surface area contributed by atoms with Gasteiger partial charge in [-0.05, 0) is 42.4 Å². The first-order valence-corrected chi connectivity index (χ1v) is 8.43. The monoisotopic (exact) mass is 317 g/mol. The Labute approximate surface area is 138 Å². The van der Waals surface area contributed by atoms with E-state index in [-0.39, 0.29) is 18.0 Å². The largest absolute Gasteiger partial charge is 0.497 e. The second kappa shape index (κ2) is 6.49. The molecule has 1 aliphatic carbocycles. The highest BCUT2D eigenvalue weighted by atomic mass is 16.5. The van der Waals surface area contributed by atoms with Gasteiger partial charge in [0.1, 0.15) is 5.75 Å². The Kier molecular flexibility index (Phi) is 4.60. The molecule has 4 atom stereocenters. The van der Waals surface area contributed by atoms with Gasteiger partial charge in [0.05, 0.1) is 13.3 Å². The predicted molar refractivity (Wildman–Crippen MR) is 89.9 cm³/mol. The lowest BCUT2D eigenvalue weighted by Gasteiger charge is -2.24. The van der Waals surface area contributed by atoms with E-state index in [4.69, 9.17) is 4.74 Å². The molecule has 0 spiro atoms. The van der Waals surface area contributed by atoms with Gasteiger partial charge in [0, 0.05) is 19.0 Å². The molecule has 23 heavy (non-hydrogen) atoms. The van der Waals surface area contributed by atoms with Gasteiger partial charge in [-0.15, -0.1) is 0 Å². The van der Waals surface area contributed by atoms with Crippen molar-refractivity contribution in [3.63, 3.8) is 0 Å². The van der Waals surface area contributed by atoms with E-state index >= 15 is 0 Å². The van der Waals surface area contributed by atoms with E-state index in [1.165, 1.54) is 5.56 Å². The van der Waals surface area contributed by atoms with E-state index in [0.29, 0.717) is 17.9 Å². The molecule has 1 saturated carbocycles. The van der Waals surface area contributed by atoms with Gasteiger partial charge in [-0.2, -0.15) is 0 Å². The number of ether oxygens (including phenoxy) is 1. The van der Waals surface area contributed by atoms with Crippen molar-refractivity contribution < 1.29 is 9.53 Å². The molecule has 2 aliphatic rings. The zero-order valence-corrected chi connectivity index (χ0v) is 14.4. The zero-order chi connectivity index (χ0) is 16.6. The summed E-state index contributed by atoms with van der Waals surface area (Å²) in [6.45, 7) is 4.40. The third kappa shape index (κ3) is 3.35. The smallest absolute Gasteiger partial charge is 0.227 e. The number of hydrogen-bond donors (Lipinski definition) is 2. The minimum atomic E-state index is 0.0898. The van der Waals surface area contributed by atoms with E-state index in [2.05, 4.69) is 36.8 Å². The first-order chi connectivity index (χ1) is 11.0. The van der Waals surface area contributed by atoms with Crippen molar-refractivity contribution in [3.8, 4) is 5.75 Å². The maximum atomic E-state index is 12.7. The molecule has 1 heterocycles. The molecule has 3 rings (SSSR count). The van der Waals surface area contributed by atoms with Gasteiger partial charge in [-0.3, -0.25) is 10.2 Å². The van der Waals surface area contributed by atoms with Crippen LogP contribution in [0.5, 0.6) is 5.75 Å². The topological polar surface area (TPSA) is 53.6 Å². The molecule has 1 aromatic rings. The molecule has 4 unspecified atom stereocenters. The van der Waals surface area contributed by atoms with Crippen LogP contribution >= 0.6 is 0 Å². The van der Waals surface area contributed by atoms with Crippen molar-refractivity contribution in [1.82, 2.24) is 15.8 Å². The lowest BCUT2D eigenvalue weighted by atomic mass is 10.0. The van der Waals surface area contributed by atoms with Crippen LogP contribution in [0.4, 0.5) is 0 Å². The van der Waals surface area contributed by atoms with Crippen LogP contribution in [-0.2, 0) is 4.79 Å². The number of methoxy groups -OCH3 is 1. The van der Waals surface area contributed by atoms with Crippen molar-refractivity contribution in [2.45, 2.75) is 44.8 Å². The van der Waals surface area contributed by atoms with Gasteiger partial charge in [-0.1, -0.05) is 26.0 Å². The van der Waals surface area contributed by atoms with Gasteiger partial charge in [0.2, 0.25) is 5.91 Å². The van der Waals surface area contributed by atoms with Crippen LogP contribution < -0.4 is 15.6 Å². The standard InChI is InChI=1S/C18H27N3O2/c1-11(2)16-10-17(20-19-16)21(3)18(22)15-9-14(15)12-5-7-13(23-4)8-6-12/h5-8,11,14-17,19-20H,9-10H2,1-4H3. The SMILES string of the molecule is COc1ccc(C2CC2C(=O)N(C)C2CC(C(C)C)NN2)cc1. The normalized spacial score (nSPS) is 29.6. The summed E-state index contributed by atoms with van der Waals surface area (Å²) in [6, 6.07) is 8.50. The fraction of sp³-hybridized carbons (Fsp3) is 0.611. The lowest BCUT2D eigenvalue weighted by Crippen LogP contribution is -2.46. The molecular weight excluding hydrogens is 290 g/mol. The Morgan fingerprint density at radius 2 is 1.91 bits per heavy atom. The number of amides is 1. The maximum absolute atomic E-state index is 12.7. The molecule has 1 aromatic carbocycles. The van der Waals surface area contributed by atoms with Crippen LogP contribution in [0.2, 0.25) is 0 Å². The molecule has 5 heteroatoms. The minimum absolute atomic E-state index is 0.0898. The highest BCUT2D eigenvalue weighted by molar-refractivity contribution is 5.83. The van der Waals surface area contributed by atoms with E-state index in [9.17, 15) is 4.79 Å². The molecule has 0 bridgehead atoms. The van der Waals surface area contributed by atoms with Crippen molar-refractivity contribution >= 4 is 5.91 Å². The highest BCUT2D eigenvalue weighted by Crippen LogP contribution is 2.48. The van der Waals surface area contributed by atoms with Crippen LogP contribution in [0, 0.1) is 11.8 Å². The van der Waals surface area contributed by atoms with Crippen LogP contribution in [0.15, 0.2) is 24.3 Å². The Morgan fingerprint density at radius 3 is 2.48 bits per heavy atom. The summed E-state index contributed by atoms with van der Waals surface area (Å²) in [6.07, 6.45) is 2.00. The summed E-state index contributed by atoms with van der Waals surface area (Å²) in [4.78, 5) is 14.6. The third-order valence-corrected chi connectivity index (χ3v) is 5.18. The lowest BCUT2D eigenvalue weighted by molar-refractivity contribution is -0.133. The van der Waals surface area contributed by atoms with Crippen molar-refractivity contribution in [2.24, 2.45) is 11.8 Å². The molecule has 1 aliphatic heterocycles. The van der Waals surface area contributed by atoms with E-state index in [0.717, 1.165) is 18.6 Å². The number of nitrogens with one attached hydrogen (secondary N) is 2. The molecule has 126 valence electrons. The molecule has 1 amide bonds.